The number of amides is 1. The van der Waals surface area contributed by atoms with Crippen molar-refractivity contribution in [1.82, 2.24) is 4.90 Å². The maximum Gasteiger partial charge on any atom is 0.262 e. The number of anilines is 1. The number of nitrogens with zero attached hydrogens (tertiary/aromatic N) is 1. The molecule has 6 rings (SSSR count). The molecule has 0 aromatic heterocycles. The van der Waals surface area contributed by atoms with Crippen LogP contribution in [0.2, 0.25) is 5.02 Å². The van der Waals surface area contributed by atoms with Crippen molar-refractivity contribution in [2.24, 2.45) is 10.8 Å². The molecule has 0 atom stereocenters. The van der Waals surface area contributed by atoms with Gasteiger partial charge in [-0.3, -0.25) is 14.4 Å². The molecule has 0 spiro atoms. The molecule has 0 unspecified atom stereocenters. The van der Waals surface area contributed by atoms with E-state index in [1.807, 2.05) is 55.5 Å². The molecule has 1 N–H and O–H groups in total. The van der Waals surface area contributed by atoms with Crippen molar-refractivity contribution >= 4 is 34.8 Å². The third-order valence-corrected chi connectivity index (χ3v) is 9.73. The number of halogens is 1. The molecule has 0 bridgehead atoms. The Hall–Kier alpha value is -4.16. The number of hydrogen-bond donors (Lipinski definition) is 1. The summed E-state index contributed by atoms with van der Waals surface area (Å²) in [7, 11) is 0. The standard InChI is InChI=1S/C40H43ClN2O4/c1-25-10-9-13-28(18-25)42-35(46)24-47-34-15-14-27(19-29(34)41)36-37-30(20-39(2,3)22-32(37)44)43(17-16-26-11-7-6-8-12-26)31-21-40(4,5)23-33(45)38(31)36/h6-15,18-19,36H,16-17,20-24H2,1-5H3,(H,42,46). The van der Waals surface area contributed by atoms with Gasteiger partial charge < -0.3 is 15.0 Å². The van der Waals surface area contributed by atoms with Gasteiger partial charge in [0, 0.05) is 53.5 Å². The van der Waals surface area contributed by atoms with Crippen LogP contribution in [0.3, 0.4) is 0 Å². The van der Waals surface area contributed by atoms with E-state index in [-0.39, 0.29) is 34.9 Å². The summed E-state index contributed by atoms with van der Waals surface area (Å²) in [5.41, 5.74) is 6.83. The van der Waals surface area contributed by atoms with Crippen LogP contribution < -0.4 is 10.1 Å². The number of carbonyl (C=O) groups excluding carboxylic acids is 3. The van der Waals surface area contributed by atoms with Crippen molar-refractivity contribution in [2.45, 2.75) is 72.6 Å². The number of Topliss-reactive ketones (excluding diaryl/α,β-unsaturated/α-hetero) is 2. The van der Waals surface area contributed by atoms with Crippen molar-refractivity contribution in [3.8, 4) is 5.75 Å². The summed E-state index contributed by atoms with van der Waals surface area (Å²) in [6.45, 7) is 11.0. The minimum atomic E-state index is -0.503. The predicted octanol–water partition coefficient (Wildman–Crippen LogP) is 8.59. The number of hydrogen-bond acceptors (Lipinski definition) is 5. The summed E-state index contributed by atoms with van der Waals surface area (Å²) in [5.74, 6) is -0.269. The van der Waals surface area contributed by atoms with Gasteiger partial charge in [-0.25, -0.2) is 0 Å². The highest BCUT2D eigenvalue weighted by molar-refractivity contribution is 6.32. The molecule has 47 heavy (non-hydrogen) atoms. The molecule has 0 saturated heterocycles. The normalized spacial score (nSPS) is 19.0. The summed E-state index contributed by atoms with van der Waals surface area (Å²) in [6.07, 6.45) is 3.13. The molecule has 7 heteroatoms. The van der Waals surface area contributed by atoms with E-state index in [0.717, 1.165) is 41.8 Å². The Morgan fingerprint density at radius 3 is 2.09 bits per heavy atom. The monoisotopic (exact) mass is 650 g/mol. The Balaban J connectivity index is 1.35. The van der Waals surface area contributed by atoms with Crippen LogP contribution in [-0.2, 0) is 20.8 Å². The van der Waals surface area contributed by atoms with Crippen LogP contribution in [0.4, 0.5) is 5.69 Å². The van der Waals surface area contributed by atoms with E-state index in [4.69, 9.17) is 16.3 Å². The zero-order valence-corrected chi connectivity index (χ0v) is 28.7. The summed E-state index contributed by atoms with van der Waals surface area (Å²) in [6, 6.07) is 23.4. The predicted molar refractivity (Wildman–Crippen MR) is 186 cm³/mol. The lowest BCUT2D eigenvalue weighted by molar-refractivity contribution is -0.120. The zero-order valence-electron chi connectivity index (χ0n) is 27.9. The molecule has 1 amide bonds. The Morgan fingerprint density at radius 1 is 0.851 bits per heavy atom. The SMILES string of the molecule is Cc1cccc(NC(=O)COc2ccc(C3C4=C(CC(C)(C)CC4=O)N(CCc4ccccc4)C4=C3C(=O)CC(C)(C)C4)cc2Cl)c1. The van der Waals surface area contributed by atoms with Crippen molar-refractivity contribution in [2.75, 3.05) is 18.5 Å². The minimum absolute atomic E-state index is 0.0828. The number of benzene rings is 3. The highest BCUT2D eigenvalue weighted by atomic mass is 35.5. The molecule has 0 radical (unpaired) electrons. The Labute approximate surface area is 282 Å². The molecule has 3 aliphatic rings. The van der Waals surface area contributed by atoms with Crippen LogP contribution in [0.1, 0.15) is 76.0 Å². The van der Waals surface area contributed by atoms with Crippen LogP contribution in [0.15, 0.2) is 95.3 Å². The number of ether oxygens (including phenoxy) is 1. The van der Waals surface area contributed by atoms with Crippen molar-refractivity contribution in [3.05, 3.63) is 117 Å². The number of carbonyl (C=O) groups is 3. The summed E-state index contributed by atoms with van der Waals surface area (Å²) in [4.78, 5) is 43.2. The summed E-state index contributed by atoms with van der Waals surface area (Å²) >= 11 is 6.80. The molecule has 1 heterocycles. The first-order chi connectivity index (χ1) is 22.3. The van der Waals surface area contributed by atoms with E-state index in [1.54, 1.807) is 12.1 Å². The fourth-order valence-electron chi connectivity index (χ4n) is 7.41. The molecular formula is C40H43ClN2O4. The number of rotatable bonds is 8. The zero-order chi connectivity index (χ0) is 33.5. The number of nitrogens with one attached hydrogen (secondary N) is 1. The fourth-order valence-corrected chi connectivity index (χ4v) is 7.66. The van der Waals surface area contributed by atoms with E-state index >= 15 is 0 Å². The van der Waals surface area contributed by atoms with Gasteiger partial charge in [0.05, 0.1) is 5.02 Å². The molecule has 2 aliphatic carbocycles. The molecular weight excluding hydrogens is 608 g/mol. The van der Waals surface area contributed by atoms with E-state index in [2.05, 4.69) is 50.0 Å². The van der Waals surface area contributed by atoms with Crippen molar-refractivity contribution < 1.29 is 19.1 Å². The molecule has 1 aliphatic heterocycles. The smallest absolute Gasteiger partial charge is 0.262 e. The summed E-state index contributed by atoms with van der Waals surface area (Å²) < 4.78 is 5.83. The van der Waals surface area contributed by atoms with Crippen LogP contribution in [0.5, 0.6) is 5.75 Å². The topological polar surface area (TPSA) is 75.7 Å². The number of allylic oxidation sites excluding steroid dienone is 4. The molecule has 3 aromatic rings. The van der Waals surface area contributed by atoms with Crippen molar-refractivity contribution in [1.29, 1.82) is 0 Å². The largest absolute Gasteiger partial charge is 0.482 e. The Morgan fingerprint density at radius 2 is 1.49 bits per heavy atom. The van der Waals surface area contributed by atoms with Gasteiger partial charge in [-0.1, -0.05) is 87.8 Å². The van der Waals surface area contributed by atoms with Gasteiger partial charge in [-0.05, 0) is 78.0 Å². The van der Waals surface area contributed by atoms with E-state index in [9.17, 15) is 14.4 Å². The average molecular weight is 651 g/mol. The minimum Gasteiger partial charge on any atom is -0.482 e. The third-order valence-electron chi connectivity index (χ3n) is 9.44. The van der Waals surface area contributed by atoms with Gasteiger partial charge >= 0.3 is 0 Å². The van der Waals surface area contributed by atoms with E-state index < -0.39 is 5.92 Å². The maximum absolute atomic E-state index is 14.1. The quantitative estimate of drug-likeness (QED) is 0.264. The lowest BCUT2D eigenvalue weighted by Gasteiger charge is -2.49. The Kier molecular flexibility index (Phi) is 8.92. The first kappa shape index (κ1) is 32.8. The highest BCUT2D eigenvalue weighted by Gasteiger charge is 2.49. The average Bonchev–Trinajstić information content (AvgIpc) is 2.98. The third kappa shape index (κ3) is 7.08. The second-order valence-electron chi connectivity index (χ2n) is 14.8. The number of aryl methyl sites for hydroxylation is 1. The van der Waals surface area contributed by atoms with Crippen LogP contribution in [0.25, 0.3) is 0 Å². The van der Waals surface area contributed by atoms with Crippen LogP contribution in [0, 0.1) is 17.8 Å². The van der Waals surface area contributed by atoms with Gasteiger partial charge in [0.2, 0.25) is 0 Å². The number of ketones is 2. The van der Waals surface area contributed by atoms with Gasteiger partial charge in [0.1, 0.15) is 5.75 Å². The lowest BCUT2D eigenvalue weighted by atomic mass is 9.63. The highest BCUT2D eigenvalue weighted by Crippen LogP contribution is 2.54. The fraction of sp³-hybridized carbons (Fsp3) is 0.375. The Bertz CT molecular complexity index is 1750. The molecule has 0 saturated carbocycles. The second-order valence-corrected chi connectivity index (χ2v) is 15.2. The maximum atomic E-state index is 14.1. The van der Waals surface area contributed by atoms with Gasteiger partial charge in [-0.2, -0.15) is 0 Å². The van der Waals surface area contributed by atoms with Crippen molar-refractivity contribution in [3.63, 3.8) is 0 Å². The van der Waals surface area contributed by atoms with E-state index in [1.165, 1.54) is 5.56 Å². The lowest BCUT2D eigenvalue weighted by Crippen LogP contribution is -2.45. The van der Waals surface area contributed by atoms with E-state index in [0.29, 0.717) is 47.0 Å². The molecule has 244 valence electrons. The van der Waals surface area contributed by atoms with Gasteiger partial charge in [0.15, 0.2) is 18.2 Å². The van der Waals surface area contributed by atoms with Gasteiger partial charge in [-0.15, -0.1) is 0 Å². The van der Waals surface area contributed by atoms with Crippen LogP contribution in [-0.4, -0.2) is 35.5 Å². The van der Waals surface area contributed by atoms with Gasteiger partial charge in [0.25, 0.3) is 5.91 Å². The first-order valence-electron chi connectivity index (χ1n) is 16.4. The second kappa shape index (κ2) is 12.8. The molecule has 3 aromatic carbocycles. The summed E-state index contributed by atoms with van der Waals surface area (Å²) in [5, 5.41) is 3.17. The first-order valence-corrected chi connectivity index (χ1v) is 16.8. The molecule has 0 fully saturated rings. The molecule has 6 nitrogen and oxygen atoms in total. The van der Waals surface area contributed by atoms with Crippen LogP contribution >= 0.6 is 11.6 Å².